The van der Waals surface area contributed by atoms with Crippen molar-refractivity contribution in [2.75, 3.05) is 12.4 Å². The molecule has 2 aromatic rings. The van der Waals surface area contributed by atoms with Crippen molar-refractivity contribution in [3.05, 3.63) is 46.3 Å². The van der Waals surface area contributed by atoms with Crippen LogP contribution in [0.3, 0.4) is 0 Å². The molecule has 0 aliphatic heterocycles. The van der Waals surface area contributed by atoms with Crippen LogP contribution >= 0.6 is 15.9 Å². The first-order valence-electron chi connectivity index (χ1n) is 5.69. The number of hydrogen-bond acceptors (Lipinski definition) is 4. The highest BCUT2D eigenvalue weighted by molar-refractivity contribution is 9.10. The maximum absolute atomic E-state index is 4.43. The summed E-state index contributed by atoms with van der Waals surface area (Å²) in [4.78, 5) is 8.62. The van der Waals surface area contributed by atoms with E-state index in [-0.39, 0.29) is 0 Å². The first kappa shape index (κ1) is 13.0. The summed E-state index contributed by atoms with van der Waals surface area (Å²) in [7, 11) is 1.88. The van der Waals surface area contributed by atoms with Gasteiger partial charge in [-0.1, -0.05) is 22.0 Å². The Hall–Kier alpha value is -1.46. The molecule has 1 aromatic heterocycles. The molecule has 1 heterocycles. The molecule has 0 unspecified atom stereocenters. The number of nitrogens with zero attached hydrogens (tertiary/aromatic N) is 2. The van der Waals surface area contributed by atoms with E-state index < -0.39 is 0 Å². The summed E-state index contributed by atoms with van der Waals surface area (Å²) < 4.78 is 1.04. The Bertz CT molecular complexity index is 542. The number of benzene rings is 1. The molecule has 0 radical (unpaired) electrons. The van der Waals surface area contributed by atoms with Crippen LogP contribution in [-0.2, 0) is 6.54 Å². The Kier molecular flexibility index (Phi) is 4.28. The van der Waals surface area contributed by atoms with Gasteiger partial charge in [0.2, 0.25) is 0 Å². The molecule has 0 aliphatic carbocycles. The fourth-order valence-electron chi connectivity index (χ4n) is 1.58. The van der Waals surface area contributed by atoms with Crippen LogP contribution in [0.25, 0.3) is 0 Å². The van der Waals surface area contributed by atoms with Crippen molar-refractivity contribution < 1.29 is 0 Å². The van der Waals surface area contributed by atoms with E-state index >= 15 is 0 Å². The molecule has 0 amide bonds. The first-order valence-corrected chi connectivity index (χ1v) is 6.48. The summed E-state index contributed by atoms with van der Waals surface area (Å²) in [6.45, 7) is 2.72. The lowest BCUT2D eigenvalue weighted by Gasteiger charge is -2.10. The zero-order valence-electron chi connectivity index (χ0n) is 10.4. The van der Waals surface area contributed by atoms with Crippen LogP contribution in [0.15, 0.2) is 34.9 Å². The van der Waals surface area contributed by atoms with Gasteiger partial charge < -0.3 is 10.6 Å². The monoisotopic (exact) mass is 306 g/mol. The van der Waals surface area contributed by atoms with Gasteiger partial charge in [-0.05, 0) is 37.7 Å². The molecule has 18 heavy (non-hydrogen) atoms. The molecule has 5 heteroatoms. The predicted molar refractivity (Wildman–Crippen MR) is 77.0 cm³/mol. The third kappa shape index (κ3) is 3.27. The smallest absolute Gasteiger partial charge is 0.144 e. The summed E-state index contributed by atoms with van der Waals surface area (Å²) in [5, 5.41) is 6.34. The minimum atomic E-state index is 0.660. The quantitative estimate of drug-likeness (QED) is 0.911. The zero-order chi connectivity index (χ0) is 13.0. The van der Waals surface area contributed by atoms with Gasteiger partial charge in [-0.15, -0.1) is 0 Å². The van der Waals surface area contributed by atoms with Gasteiger partial charge in [-0.3, -0.25) is 0 Å². The number of aryl methyl sites for hydroxylation is 1. The molecule has 0 saturated heterocycles. The van der Waals surface area contributed by atoms with Crippen molar-refractivity contribution in [3.8, 4) is 0 Å². The molecule has 0 atom stereocenters. The fraction of sp³-hybridized carbons (Fsp3) is 0.231. The van der Waals surface area contributed by atoms with Crippen molar-refractivity contribution in [2.24, 2.45) is 0 Å². The van der Waals surface area contributed by atoms with Gasteiger partial charge in [0.1, 0.15) is 11.6 Å². The molecular formula is C13H15BrN4. The van der Waals surface area contributed by atoms with Crippen molar-refractivity contribution in [1.29, 1.82) is 0 Å². The molecule has 0 saturated carbocycles. The second kappa shape index (κ2) is 5.93. The van der Waals surface area contributed by atoms with Gasteiger partial charge in [0.25, 0.3) is 0 Å². The Morgan fingerprint density at radius 2 is 2.11 bits per heavy atom. The van der Waals surface area contributed by atoms with Gasteiger partial charge in [0, 0.05) is 16.4 Å². The van der Waals surface area contributed by atoms with Crippen molar-refractivity contribution in [2.45, 2.75) is 13.5 Å². The number of aromatic nitrogens is 2. The average Bonchev–Trinajstić information content (AvgIpc) is 2.35. The number of rotatable bonds is 4. The molecule has 2 N–H and O–H groups in total. The van der Waals surface area contributed by atoms with Gasteiger partial charge >= 0.3 is 0 Å². The highest BCUT2D eigenvalue weighted by Gasteiger charge is 2.02. The number of nitrogens with one attached hydrogen (secondary N) is 2. The van der Waals surface area contributed by atoms with Crippen LogP contribution in [0.2, 0.25) is 0 Å². The fourth-order valence-corrected chi connectivity index (χ4v) is 1.94. The molecule has 0 fully saturated rings. The minimum Gasteiger partial charge on any atom is -0.340 e. The van der Waals surface area contributed by atoms with Gasteiger partial charge in [-0.2, -0.15) is 0 Å². The highest BCUT2D eigenvalue weighted by atomic mass is 79.9. The third-order valence-electron chi connectivity index (χ3n) is 2.50. The third-order valence-corrected chi connectivity index (χ3v) is 3.00. The lowest BCUT2D eigenvalue weighted by atomic mass is 10.2. The van der Waals surface area contributed by atoms with Crippen LogP contribution in [0, 0.1) is 6.92 Å². The maximum atomic E-state index is 4.43. The Morgan fingerprint density at radius 3 is 2.89 bits per heavy atom. The molecule has 0 aliphatic rings. The second-order valence-electron chi connectivity index (χ2n) is 3.97. The van der Waals surface area contributed by atoms with Crippen LogP contribution in [0.5, 0.6) is 0 Å². The SMILES string of the molecule is CNCc1nccc(Nc2cc(Br)ccc2C)n1. The van der Waals surface area contributed by atoms with Crippen LogP contribution < -0.4 is 10.6 Å². The van der Waals surface area contributed by atoms with E-state index in [0.29, 0.717) is 6.54 Å². The van der Waals surface area contributed by atoms with E-state index in [2.05, 4.69) is 49.5 Å². The lowest BCUT2D eigenvalue weighted by Crippen LogP contribution is -2.09. The highest BCUT2D eigenvalue weighted by Crippen LogP contribution is 2.23. The summed E-state index contributed by atoms with van der Waals surface area (Å²) in [5.41, 5.74) is 2.21. The van der Waals surface area contributed by atoms with Crippen LogP contribution in [-0.4, -0.2) is 17.0 Å². The Balaban J connectivity index is 2.22. The topological polar surface area (TPSA) is 49.8 Å². The zero-order valence-corrected chi connectivity index (χ0v) is 12.0. The minimum absolute atomic E-state index is 0.660. The second-order valence-corrected chi connectivity index (χ2v) is 4.89. The largest absolute Gasteiger partial charge is 0.340 e. The number of halogens is 1. The van der Waals surface area contributed by atoms with Crippen LogP contribution in [0.1, 0.15) is 11.4 Å². The van der Waals surface area contributed by atoms with Crippen LogP contribution in [0.4, 0.5) is 11.5 Å². The van der Waals surface area contributed by atoms with Gasteiger partial charge in [0.05, 0.1) is 6.54 Å². The summed E-state index contributed by atoms with van der Waals surface area (Å²) in [6, 6.07) is 7.98. The van der Waals surface area contributed by atoms with Gasteiger partial charge in [-0.25, -0.2) is 9.97 Å². The average molecular weight is 307 g/mol. The molecule has 2 rings (SSSR count). The molecule has 1 aromatic carbocycles. The van der Waals surface area contributed by atoms with E-state index in [0.717, 1.165) is 21.8 Å². The maximum Gasteiger partial charge on any atom is 0.144 e. The van der Waals surface area contributed by atoms with E-state index in [1.165, 1.54) is 5.56 Å². The predicted octanol–water partition coefficient (Wildman–Crippen LogP) is 3.01. The molecule has 94 valence electrons. The Morgan fingerprint density at radius 1 is 1.28 bits per heavy atom. The summed E-state index contributed by atoms with van der Waals surface area (Å²) in [5.74, 6) is 1.58. The normalized spacial score (nSPS) is 10.4. The van der Waals surface area contributed by atoms with Crippen molar-refractivity contribution in [1.82, 2.24) is 15.3 Å². The first-order chi connectivity index (χ1) is 8.69. The van der Waals surface area contributed by atoms with Crippen molar-refractivity contribution >= 4 is 27.4 Å². The molecular weight excluding hydrogens is 292 g/mol. The number of hydrogen-bond donors (Lipinski definition) is 2. The van der Waals surface area contributed by atoms with E-state index in [1.54, 1.807) is 6.20 Å². The van der Waals surface area contributed by atoms with E-state index in [1.807, 2.05) is 25.2 Å². The number of anilines is 2. The van der Waals surface area contributed by atoms with E-state index in [9.17, 15) is 0 Å². The standard InChI is InChI=1S/C13H15BrN4/c1-9-3-4-10(14)7-11(9)17-12-5-6-16-13(18-12)8-15-2/h3-7,15H,8H2,1-2H3,(H,16,17,18). The Labute approximate surface area is 115 Å². The molecule has 4 nitrogen and oxygen atoms in total. The van der Waals surface area contributed by atoms with Crippen molar-refractivity contribution in [3.63, 3.8) is 0 Å². The summed E-state index contributed by atoms with van der Waals surface area (Å²) in [6.07, 6.45) is 1.76. The summed E-state index contributed by atoms with van der Waals surface area (Å²) >= 11 is 3.47. The van der Waals surface area contributed by atoms with E-state index in [4.69, 9.17) is 0 Å². The lowest BCUT2D eigenvalue weighted by molar-refractivity contribution is 0.759. The molecule has 0 spiro atoms. The van der Waals surface area contributed by atoms with Gasteiger partial charge in [0.15, 0.2) is 0 Å². The molecule has 0 bridgehead atoms.